The highest BCUT2D eigenvalue weighted by Gasteiger charge is 1.96. The van der Waals surface area contributed by atoms with Crippen LogP contribution in [-0.4, -0.2) is 5.91 Å². The fourth-order valence-corrected chi connectivity index (χ4v) is 0.299. The topological polar surface area (TPSA) is 41.8 Å². The average Bonchev–Trinajstić information content (AvgIpc) is 1.69. The molecule has 1 heterocycles. The molecule has 0 aromatic heterocycles. The number of nitrogens with zero attached hydrogens (tertiary/aromatic N) is 2. The van der Waals surface area contributed by atoms with E-state index < -0.39 is 0 Å². The molecule has 1 amide bonds. The Morgan fingerprint density at radius 1 is 1.86 bits per heavy atom. The van der Waals surface area contributed by atoms with Crippen molar-refractivity contribution < 1.29 is 4.79 Å². The molecule has 0 saturated heterocycles. The highest BCUT2D eigenvalue weighted by molar-refractivity contribution is 5.78. The number of carbonyl (C=O) groups excluding carboxylic acids is 1. The van der Waals surface area contributed by atoms with E-state index in [1.54, 1.807) is 6.08 Å². The SMILES string of the molecule is O=C1CC=[C]N=N1. The average molecular weight is 95.1 g/mol. The van der Waals surface area contributed by atoms with Crippen molar-refractivity contribution in [3.05, 3.63) is 12.3 Å². The van der Waals surface area contributed by atoms with Crippen LogP contribution in [0.25, 0.3) is 0 Å². The van der Waals surface area contributed by atoms with E-state index in [0.717, 1.165) is 0 Å². The summed E-state index contributed by atoms with van der Waals surface area (Å²) in [6.45, 7) is 0. The van der Waals surface area contributed by atoms with Gasteiger partial charge in [0.15, 0.2) is 0 Å². The molecule has 0 spiro atoms. The first-order valence-electron chi connectivity index (χ1n) is 1.90. The molecular weight excluding hydrogens is 92.1 g/mol. The molecule has 0 unspecified atom stereocenters. The maximum absolute atomic E-state index is 10.1. The molecule has 0 saturated carbocycles. The molecule has 35 valence electrons. The van der Waals surface area contributed by atoms with Gasteiger partial charge in [0.1, 0.15) is 6.20 Å². The quantitative estimate of drug-likeness (QED) is 0.436. The molecule has 0 aromatic rings. The van der Waals surface area contributed by atoms with Crippen molar-refractivity contribution in [2.24, 2.45) is 10.2 Å². The summed E-state index contributed by atoms with van der Waals surface area (Å²) in [5.74, 6) is -0.196. The van der Waals surface area contributed by atoms with Crippen LogP contribution in [0, 0.1) is 6.20 Å². The lowest BCUT2D eigenvalue weighted by Gasteiger charge is -1.85. The first kappa shape index (κ1) is 4.18. The Labute approximate surface area is 40.7 Å². The van der Waals surface area contributed by atoms with Crippen molar-refractivity contribution in [2.45, 2.75) is 6.42 Å². The van der Waals surface area contributed by atoms with Crippen LogP contribution in [0.1, 0.15) is 6.42 Å². The lowest BCUT2D eigenvalue weighted by Crippen LogP contribution is -1.90. The minimum Gasteiger partial charge on any atom is -0.271 e. The maximum atomic E-state index is 10.1. The number of hydrogen-bond acceptors (Lipinski definition) is 2. The molecule has 1 radical (unpaired) electrons. The summed E-state index contributed by atoms with van der Waals surface area (Å²) in [4.78, 5) is 10.1. The summed E-state index contributed by atoms with van der Waals surface area (Å²) in [6, 6.07) is 0. The van der Waals surface area contributed by atoms with Crippen LogP contribution in [0.2, 0.25) is 0 Å². The van der Waals surface area contributed by atoms with Gasteiger partial charge in [-0.2, -0.15) is 0 Å². The van der Waals surface area contributed by atoms with E-state index in [4.69, 9.17) is 0 Å². The van der Waals surface area contributed by atoms with Crippen LogP contribution in [0.4, 0.5) is 0 Å². The van der Waals surface area contributed by atoms with Crippen LogP contribution in [0.3, 0.4) is 0 Å². The van der Waals surface area contributed by atoms with Gasteiger partial charge in [-0.25, -0.2) is 0 Å². The third-order valence-corrected chi connectivity index (χ3v) is 0.587. The summed E-state index contributed by atoms with van der Waals surface area (Å²) in [6.07, 6.45) is 4.33. The Kier molecular flexibility index (Phi) is 0.978. The molecule has 1 aliphatic rings. The molecule has 3 heteroatoms. The van der Waals surface area contributed by atoms with Crippen molar-refractivity contribution in [1.82, 2.24) is 0 Å². The molecule has 0 aromatic carbocycles. The second-order valence-electron chi connectivity index (χ2n) is 1.13. The largest absolute Gasteiger partial charge is 0.271 e. The number of azo groups is 1. The fourth-order valence-electron chi connectivity index (χ4n) is 0.299. The third kappa shape index (κ3) is 0.924. The third-order valence-electron chi connectivity index (χ3n) is 0.587. The van der Waals surface area contributed by atoms with Gasteiger partial charge in [0.2, 0.25) is 0 Å². The molecule has 7 heavy (non-hydrogen) atoms. The van der Waals surface area contributed by atoms with Crippen LogP contribution in [-0.2, 0) is 4.79 Å². The minimum atomic E-state index is -0.196. The Morgan fingerprint density at radius 3 is 3.00 bits per heavy atom. The minimum absolute atomic E-state index is 0.196. The predicted molar refractivity (Wildman–Crippen MR) is 22.3 cm³/mol. The van der Waals surface area contributed by atoms with Crippen molar-refractivity contribution in [3.63, 3.8) is 0 Å². The van der Waals surface area contributed by atoms with E-state index in [1.807, 2.05) is 0 Å². The first-order chi connectivity index (χ1) is 3.39. The number of carbonyl (C=O) groups is 1. The number of amides is 1. The summed E-state index contributed by atoms with van der Waals surface area (Å²) in [5, 5.41) is 6.40. The summed E-state index contributed by atoms with van der Waals surface area (Å²) < 4.78 is 0. The fraction of sp³-hybridized carbons (Fsp3) is 0.250. The van der Waals surface area contributed by atoms with Crippen molar-refractivity contribution >= 4 is 5.91 Å². The molecule has 0 N–H and O–H groups in total. The Hall–Kier alpha value is -0.990. The lowest BCUT2D eigenvalue weighted by atomic mass is 10.4. The van der Waals surface area contributed by atoms with E-state index in [0.29, 0.717) is 6.42 Å². The Balaban J connectivity index is 2.66. The van der Waals surface area contributed by atoms with Gasteiger partial charge in [-0.1, -0.05) is 0 Å². The maximum Gasteiger partial charge on any atom is 0.268 e. The van der Waals surface area contributed by atoms with Gasteiger partial charge in [0.25, 0.3) is 5.91 Å². The Bertz CT molecular complexity index is 137. The van der Waals surface area contributed by atoms with Gasteiger partial charge < -0.3 is 0 Å². The molecule has 3 nitrogen and oxygen atoms in total. The van der Waals surface area contributed by atoms with Crippen molar-refractivity contribution in [3.8, 4) is 0 Å². The summed E-state index contributed by atoms with van der Waals surface area (Å²) >= 11 is 0. The van der Waals surface area contributed by atoms with E-state index in [1.165, 1.54) is 0 Å². The molecule has 1 rings (SSSR count). The predicted octanol–water partition coefficient (Wildman–Crippen LogP) is 0.686. The monoisotopic (exact) mass is 95.0 g/mol. The molecule has 0 aliphatic carbocycles. The molecule has 0 fully saturated rings. The highest BCUT2D eigenvalue weighted by Crippen LogP contribution is 1.94. The molecule has 1 aliphatic heterocycles. The standard InChI is InChI=1S/C4H3N2O/c7-4-2-1-3-5-6-4/h1H,2H2. The highest BCUT2D eigenvalue weighted by atomic mass is 16.1. The van der Waals surface area contributed by atoms with Gasteiger partial charge in [-0.15, -0.1) is 10.2 Å². The zero-order valence-electron chi connectivity index (χ0n) is 3.59. The van der Waals surface area contributed by atoms with Crippen LogP contribution >= 0.6 is 0 Å². The second kappa shape index (κ2) is 1.64. The Morgan fingerprint density at radius 2 is 2.71 bits per heavy atom. The smallest absolute Gasteiger partial charge is 0.268 e. The van der Waals surface area contributed by atoms with E-state index in [-0.39, 0.29) is 5.91 Å². The van der Waals surface area contributed by atoms with E-state index >= 15 is 0 Å². The lowest BCUT2D eigenvalue weighted by molar-refractivity contribution is -0.117. The van der Waals surface area contributed by atoms with Crippen LogP contribution < -0.4 is 0 Å². The number of hydrogen-bond donors (Lipinski definition) is 0. The first-order valence-corrected chi connectivity index (χ1v) is 1.90. The number of rotatable bonds is 0. The summed E-state index contributed by atoms with van der Waals surface area (Å²) in [5.41, 5.74) is 0. The zero-order chi connectivity index (χ0) is 5.11. The van der Waals surface area contributed by atoms with Crippen molar-refractivity contribution in [2.75, 3.05) is 0 Å². The van der Waals surface area contributed by atoms with Gasteiger partial charge in [0.05, 0.1) is 6.42 Å². The second-order valence-corrected chi connectivity index (χ2v) is 1.13. The normalized spacial score (nSPS) is 18.0. The van der Waals surface area contributed by atoms with Crippen LogP contribution in [0.5, 0.6) is 0 Å². The van der Waals surface area contributed by atoms with E-state index in [9.17, 15) is 4.79 Å². The summed E-state index contributed by atoms with van der Waals surface area (Å²) in [7, 11) is 0. The van der Waals surface area contributed by atoms with Gasteiger partial charge >= 0.3 is 0 Å². The van der Waals surface area contributed by atoms with Gasteiger partial charge in [-0.05, 0) is 6.08 Å². The molecular formula is C4H3N2O. The molecule has 0 atom stereocenters. The van der Waals surface area contributed by atoms with Gasteiger partial charge in [0, 0.05) is 0 Å². The van der Waals surface area contributed by atoms with Crippen LogP contribution in [0.15, 0.2) is 16.3 Å². The zero-order valence-corrected chi connectivity index (χ0v) is 3.59. The van der Waals surface area contributed by atoms with Gasteiger partial charge in [-0.3, -0.25) is 4.79 Å². The van der Waals surface area contributed by atoms with Crippen molar-refractivity contribution in [1.29, 1.82) is 0 Å². The van der Waals surface area contributed by atoms with E-state index in [2.05, 4.69) is 16.4 Å². The molecule has 0 bridgehead atoms.